The Morgan fingerprint density at radius 1 is 1.29 bits per heavy atom. The fraction of sp³-hybridized carbons (Fsp3) is 0.588. The molecule has 1 fully saturated rings. The van der Waals surface area contributed by atoms with Crippen molar-refractivity contribution in [1.82, 2.24) is 10.2 Å². The third kappa shape index (κ3) is 7.81. The van der Waals surface area contributed by atoms with E-state index in [1.54, 1.807) is 0 Å². The number of nitrogens with zero attached hydrogens (tertiary/aromatic N) is 1. The van der Waals surface area contributed by atoms with Crippen LogP contribution in [-0.4, -0.2) is 41.1 Å². The van der Waals surface area contributed by atoms with Crippen LogP contribution in [0.4, 0.5) is 0 Å². The van der Waals surface area contributed by atoms with Crippen LogP contribution < -0.4 is 11.1 Å². The van der Waals surface area contributed by atoms with Gasteiger partial charge in [0.05, 0.1) is 6.10 Å². The molecule has 5 nitrogen and oxygen atoms in total. The predicted octanol–water partition coefficient (Wildman–Crippen LogP) is 1.84. The Morgan fingerprint density at radius 3 is 2.46 bits per heavy atom. The lowest BCUT2D eigenvalue weighted by molar-refractivity contribution is -0.121. The van der Waals surface area contributed by atoms with Gasteiger partial charge >= 0.3 is 0 Å². The van der Waals surface area contributed by atoms with Crippen LogP contribution in [0.25, 0.3) is 0 Å². The van der Waals surface area contributed by atoms with Gasteiger partial charge < -0.3 is 16.2 Å². The zero-order valence-corrected chi connectivity index (χ0v) is 15.7. The Kier molecular flexibility index (Phi) is 11.2. The summed E-state index contributed by atoms with van der Waals surface area (Å²) in [5, 5.41) is 12.5. The van der Waals surface area contributed by atoms with E-state index < -0.39 is 0 Å². The number of likely N-dealkylation sites (tertiary alicyclic amines) is 1. The Labute approximate surface area is 156 Å². The first-order chi connectivity index (χ1) is 10.5. The van der Waals surface area contributed by atoms with Crippen molar-refractivity contribution >= 4 is 30.7 Å². The van der Waals surface area contributed by atoms with E-state index in [4.69, 9.17) is 5.73 Å². The molecule has 4 N–H and O–H groups in total. The minimum absolute atomic E-state index is 0. The number of hydrogen-bond acceptors (Lipinski definition) is 4. The predicted molar refractivity (Wildman–Crippen MR) is 102 cm³/mol. The molecule has 1 amide bonds. The van der Waals surface area contributed by atoms with Crippen molar-refractivity contribution in [2.24, 2.45) is 5.73 Å². The molecule has 1 aromatic rings. The molecular formula is C17H29Cl2N3O2. The molecule has 0 aromatic heterocycles. The lowest BCUT2D eigenvalue weighted by Gasteiger charge is -2.30. The van der Waals surface area contributed by atoms with Crippen molar-refractivity contribution < 1.29 is 9.90 Å². The Morgan fingerprint density at radius 2 is 1.88 bits per heavy atom. The van der Waals surface area contributed by atoms with Gasteiger partial charge in [0.2, 0.25) is 5.91 Å². The molecule has 24 heavy (non-hydrogen) atoms. The first kappa shape index (κ1) is 23.1. The molecule has 138 valence electrons. The van der Waals surface area contributed by atoms with Gasteiger partial charge in [0.1, 0.15) is 0 Å². The van der Waals surface area contributed by atoms with Gasteiger partial charge in [-0.3, -0.25) is 9.69 Å². The average molecular weight is 378 g/mol. The van der Waals surface area contributed by atoms with Crippen molar-refractivity contribution in [2.45, 2.75) is 51.4 Å². The first-order valence-corrected chi connectivity index (χ1v) is 8.04. The number of rotatable bonds is 6. The first-order valence-electron chi connectivity index (χ1n) is 8.04. The quantitative estimate of drug-likeness (QED) is 0.706. The average Bonchev–Trinajstić information content (AvgIpc) is 2.48. The topological polar surface area (TPSA) is 78.6 Å². The molecule has 0 aliphatic carbocycles. The summed E-state index contributed by atoms with van der Waals surface area (Å²) in [5.74, 6) is -0.00843. The largest absolute Gasteiger partial charge is 0.393 e. The number of nitrogens with one attached hydrogen (secondary N) is 1. The molecule has 0 radical (unpaired) electrons. The van der Waals surface area contributed by atoms with Crippen LogP contribution in [0.2, 0.25) is 0 Å². The van der Waals surface area contributed by atoms with E-state index in [-0.39, 0.29) is 42.9 Å². The lowest BCUT2D eigenvalue weighted by Crippen LogP contribution is -2.35. The Hall–Kier alpha value is -0.850. The minimum atomic E-state index is -0.149. The minimum Gasteiger partial charge on any atom is -0.393 e. The van der Waals surface area contributed by atoms with E-state index in [0.29, 0.717) is 13.0 Å². The number of carbonyl (C=O) groups excluding carboxylic acids is 1. The number of hydrogen-bond donors (Lipinski definition) is 3. The number of piperidine rings is 1. The summed E-state index contributed by atoms with van der Waals surface area (Å²) < 4.78 is 0. The SMILES string of the molecule is CC(N)CC(=O)NCc1ccccc1CN1CCC(O)CC1.Cl.Cl. The lowest BCUT2D eigenvalue weighted by atomic mass is 10.0. The van der Waals surface area contributed by atoms with Gasteiger partial charge in [-0.1, -0.05) is 24.3 Å². The molecule has 1 heterocycles. The summed E-state index contributed by atoms with van der Waals surface area (Å²) in [6, 6.07) is 8.08. The molecule has 7 heteroatoms. The Bertz CT molecular complexity index is 492. The van der Waals surface area contributed by atoms with Crippen LogP contribution >= 0.6 is 24.8 Å². The van der Waals surface area contributed by atoms with Gasteiger partial charge in [0.15, 0.2) is 0 Å². The summed E-state index contributed by atoms with van der Waals surface area (Å²) in [5.41, 5.74) is 8.02. The van der Waals surface area contributed by atoms with E-state index in [2.05, 4.69) is 22.3 Å². The second-order valence-electron chi connectivity index (χ2n) is 6.23. The van der Waals surface area contributed by atoms with Crippen LogP contribution in [0.3, 0.4) is 0 Å². The maximum atomic E-state index is 11.7. The molecule has 1 unspecified atom stereocenters. The monoisotopic (exact) mass is 377 g/mol. The highest BCUT2D eigenvalue weighted by atomic mass is 35.5. The van der Waals surface area contributed by atoms with Crippen molar-refractivity contribution in [3.8, 4) is 0 Å². The van der Waals surface area contributed by atoms with Gasteiger partial charge in [0.25, 0.3) is 0 Å². The van der Waals surface area contributed by atoms with E-state index in [1.165, 1.54) is 5.56 Å². The number of amides is 1. The second kappa shape index (κ2) is 11.7. The van der Waals surface area contributed by atoms with E-state index >= 15 is 0 Å². The van der Waals surface area contributed by atoms with Crippen molar-refractivity contribution in [3.05, 3.63) is 35.4 Å². The molecule has 1 saturated heterocycles. The highest BCUT2D eigenvalue weighted by Crippen LogP contribution is 2.16. The van der Waals surface area contributed by atoms with Crippen molar-refractivity contribution in [3.63, 3.8) is 0 Å². The van der Waals surface area contributed by atoms with Crippen LogP contribution in [-0.2, 0) is 17.9 Å². The molecule has 1 aromatic carbocycles. The highest BCUT2D eigenvalue weighted by molar-refractivity contribution is 5.85. The smallest absolute Gasteiger partial charge is 0.221 e. The van der Waals surface area contributed by atoms with E-state index in [0.717, 1.165) is 38.0 Å². The molecule has 1 atom stereocenters. The van der Waals surface area contributed by atoms with Gasteiger partial charge in [-0.05, 0) is 30.9 Å². The number of halogens is 2. The zero-order valence-electron chi connectivity index (χ0n) is 14.1. The van der Waals surface area contributed by atoms with Gasteiger partial charge in [0, 0.05) is 38.6 Å². The third-order valence-corrected chi connectivity index (χ3v) is 4.05. The number of aliphatic hydroxyl groups excluding tert-OH is 1. The van der Waals surface area contributed by atoms with E-state index in [9.17, 15) is 9.90 Å². The maximum absolute atomic E-state index is 11.7. The number of carbonyl (C=O) groups is 1. The third-order valence-electron chi connectivity index (χ3n) is 4.05. The molecule has 2 rings (SSSR count). The number of nitrogens with two attached hydrogens (primary N) is 1. The normalized spacial score (nSPS) is 16.6. The summed E-state index contributed by atoms with van der Waals surface area (Å²) in [4.78, 5) is 14.1. The summed E-state index contributed by atoms with van der Waals surface area (Å²) in [6.45, 7) is 5.08. The number of benzene rings is 1. The second-order valence-corrected chi connectivity index (χ2v) is 6.23. The molecule has 0 spiro atoms. The summed E-state index contributed by atoms with van der Waals surface area (Å²) >= 11 is 0. The van der Waals surface area contributed by atoms with Crippen LogP contribution in [0, 0.1) is 0 Å². The van der Waals surface area contributed by atoms with E-state index in [1.807, 2.05) is 19.1 Å². The van der Waals surface area contributed by atoms with Crippen molar-refractivity contribution in [2.75, 3.05) is 13.1 Å². The van der Waals surface area contributed by atoms with Crippen LogP contribution in [0.5, 0.6) is 0 Å². The van der Waals surface area contributed by atoms with Gasteiger partial charge in [-0.15, -0.1) is 24.8 Å². The zero-order chi connectivity index (χ0) is 15.9. The fourth-order valence-electron chi connectivity index (χ4n) is 2.76. The fourth-order valence-corrected chi connectivity index (χ4v) is 2.76. The highest BCUT2D eigenvalue weighted by Gasteiger charge is 2.17. The van der Waals surface area contributed by atoms with Crippen LogP contribution in [0.1, 0.15) is 37.3 Å². The summed E-state index contributed by atoms with van der Waals surface area (Å²) in [7, 11) is 0. The summed E-state index contributed by atoms with van der Waals surface area (Å²) in [6.07, 6.45) is 1.89. The molecule has 1 aliphatic heterocycles. The molecule has 0 saturated carbocycles. The Balaban J connectivity index is 0.00000264. The maximum Gasteiger partial charge on any atom is 0.221 e. The van der Waals surface area contributed by atoms with Gasteiger partial charge in [-0.2, -0.15) is 0 Å². The molecular weight excluding hydrogens is 349 g/mol. The van der Waals surface area contributed by atoms with Crippen molar-refractivity contribution in [1.29, 1.82) is 0 Å². The number of aliphatic hydroxyl groups is 1. The molecule has 1 aliphatic rings. The molecule has 0 bridgehead atoms. The standard InChI is InChI=1S/C17H27N3O2.2ClH/c1-13(18)10-17(22)19-11-14-4-2-3-5-15(14)12-20-8-6-16(21)7-9-20;;/h2-5,13,16,21H,6-12,18H2,1H3,(H,19,22);2*1H. The van der Waals surface area contributed by atoms with Crippen LogP contribution in [0.15, 0.2) is 24.3 Å². The van der Waals surface area contributed by atoms with Gasteiger partial charge in [-0.25, -0.2) is 0 Å².